The van der Waals surface area contributed by atoms with Crippen LogP contribution in [0.5, 0.6) is 57.5 Å². The summed E-state index contributed by atoms with van der Waals surface area (Å²) in [5, 5.41) is 193. The van der Waals surface area contributed by atoms with Crippen LogP contribution in [-0.4, -0.2) is 241 Å². The van der Waals surface area contributed by atoms with Gasteiger partial charge in [0.05, 0.1) is 32.0 Å². The fourth-order valence-electron chi connectivity index (χ4n) is 10.5. The summed E-state index contributed by atoms with van der Waals surface area (Å²) >= 11 is 0. The molecule has 31 nitrogen and oxygen atoms in total. The number of carbonyl (C=O) groups is 1. The van der Waals surface area contributed by atoms with E-state index in [0.717, 1.165) is 54.6 Å². The number of esters is 1. The summed E-state index contributed by atoms with van der Waals surface area (Å²) in [6, 6.07) is 9.56. The molecule has 0 aliphatic carbocycles. The third-order valence-electron chi connectivity index (χ3n) is 15.5. The van der Waals surface area contributed by atoms with E-state index < -0.39 is 223 Å². The van der Waals surface area contributed by atoms with E-state index in [4.69, 9.17) is 51.8 Å². The Morgan fingerprint density at radius 3 is 1.67 bits per heavy atom. The zero-order chi connectivity index (χ0) is 62.8. The summed E-state index contributed by atoms with van der Waals surface area (Å²) in [7, 11) is 0. The number of phenols is 7. The van der Waals surface area contributed by atoms with Crippen LogP contribution in [0.4, 0.5) is 0 Å². The molecule has 472 valence electrons. The van der Waals surface area contributed by atoms with Crippen LogP contribution in [0, 0.1) is 0 Å². The zero-order valence-corrected chi connectivity index (χ0v) is 45.5. The molecule has 87 heavy (non-hydrogen) atoms. The summed E-state index contributed by atoms with van der Waals surface area (Å²) in [5.41, 5.74) is -2.15. The highest BCUT2D eigenvalue weighted by Gasteiger charge is 2.51. The van der Waals surface area contributed by atoms with E-state index in [9.17, 15) is 96.7 Å². The highest BCUT2D eigenvalue weighted by atomic mass is 16.7. The molecular formula is C56H62O31. The molecule has 4 saturated heterocycles. The Morgan fingerprint density at radius 1 is 0.517 bits per heavy atom. The van der Waals surface area contributed by atoms with Crippen LogP contribution in [0.2, 0.25) is 0 Å². The van der Waals surface area contributed by atoms with Gasteiger partial charge in [-0.15, -0.1) is 0 Å². The van der Waals surface area contributed by atoms with Crippen molar-refractivity contribution in [3.8, 4) is 68.8 Å². The lowest BCUT2D eigenvalue weighted by Crippen LogP contribution is -2.62. The number of benzene rings is 4. The maximum Gasteiger partial charge on any atom is 0.331 e. The van der Waals surface area contributed by atoms with Crippen molar-refractivity contribution in [3.63, 3.8) is 0 Å². The quantitative estimate of drug-likeness (QED) is 0.0295. The van der Waals surface area contributed by atoms with Gasteiger partial charge in [0.2, 0.25) is 17.5 Å². The molecule has 5 aliphatic rings. The second-order valence-electron chi connectivity index (χ2n) is 21.3. The molecule has 0 spiro atoms. The van der Waals surface area contributed by atoms with Crippen molar-refractivity contribution in [2.75, 3.05) is 19.8 Å². The Labute approximate surface area is 489 Å². The van der Waals surface area contributed by atoms with Crippen LogP contribution in [-0.2, 0) is 42.7 Å². The number of carbonyl (C=O) groups excluding carboxylic acids is 1. The van der Waals surface area contributed by atoms with Gasteiger partial charge in [0.1, 0.15) is 108 Å². The summed E-state index contributed by atoms with van der Waals surface area (Å²) in [4.78, 5) is 28.5. The highest BCUT2D eigenvalue weighted by Crippen LogP contribution is 2.53. The minimum atomic E-state index is -2.19. The molecular weight excluding hydrogens is 1170 g/mol. The van der Waals surface area contributed by atoms with Crippen LogP contribution in [0.25, 0.3) is 28.4 Å². The first-order chi connectivity index (χ1) is 41.2. The third kappa shape index (κ3) is 12.2. The van der Waals surface area contributed by atoms with Gasteiger partial charge in [0, 0.05) is 40.8 Å². The van der Waals surface area contributed by atoms with Crippen LogP contribution >= 0.6 is 0 Å². The third-order valence-corrected chi connectivity index (χ3v) is 15.5. The van der Waals surface area contributed by atoms with E-state index in [2.05, 4.69) is 0 Å². The van der Waals surface area contributed by atoms with Crippen molar-refractivity contribution in [2.24, 2.45) is 0 Å². The molecule has 21 atom stereocenters. The predicted octanol–water partition coefficient (Wildman–Crippen LogP) is -2.40. The van der Waals surface area contributed by atoms with Gasteiger partial charge in [-0.2, -0.15) is 0 Å². The molecule has 6 heterocycles. The first-order valence-corrected chi connectivity index (χ1v) is 26.9. The van der Waals surface area contributed by atoms with E-state index >= 15 is 4.79 Å². The lowest BCUT2D eigenvalue weighted by Gasteiger charge is -2.43. The topological polar surface area (TPSA) is 504 Å². The molecule has 0 saturated carbocycles. The average molecular weight is 1230 g/mol. The Morgan fingerprint density at radius 2 is 1.03 bits per heavy atom. The van der Waals surface area contributed by atoms with Gasteiger partial charge >= 0.3 is 5.97 Å². The maximum atomic E-state index is 15.1. The van der Waals surface area contributed by atoms with Crippen molar-refractivity contribution < 1.29 is 148 Å². The number of ether oxygens (including phenoxy) is 10. The van der Waals surface area contributed by atoms with Crippen molar-refractivity contribution >= 4 is 23.0 Å². The second-order valence-corrected chi connectivity index (χ2v) is 21.3. The molecule has 10 rings (SSSR count). The Kier molecular flexibility index (Phi) is 18.1. The second kappa shape index (κ2) is 25.1. The van der Waals surface area contributed by atoms with E-state index in [1.54, 1.807) is 0 Å². The number of phenolic OH excluding ortho intramolecular Hbond substituents is 7. The lowest BCUT2D eigenvalue weighted by molar-refractivity contribution is -0.328. The molecule has 4 aromatic carbocycles. The standard InChI is InChI=1S/C56H62O31/c1-17-37(65)41(69)45(73)53(80-17)78-15-32-39(67)43(71)47(75)56(83-32)87-52-40(68)36-29(63)13-31-35(51(36)86-49(52)20-5-7-24(58)26(60)10-20)22(21-11-27(61)28(62)12-30(21)82-31)14-77-55-48(76)44(72)50(85-34(64)8-4-19-3-6-23(57)25(59)9-19)33(84-55)16-79-54-46(74)42(70)38(66)18(2)81-54/h3-13,17-18,22,32-33,37-39,41-48,50,53-63,65-67,69-76H,14-16H2,1-2H3/b8-4+/t17-,18-,22-,32+,33+,37-,38-,39+,41+,42+,43-,44+,45+,46+,47+,48+,50+,53+,54+,55+,56-/m0/s1. The monoisotopic (exact) mass is 1230 g/mol. The van der Waals surface area contributed by atoms with Gasteiger partial charge < -0.3 is 144 Å². The van der Waals surface area contributed by atoms with Crippen molar-refractivity contribution in [1.29, 1.82) is 0 Å². The van der Waals surface area contributed by atoms with Crippen molar-refractivity contribution in [2.45, 2.75) is 143 Å². The van der Waals surface area contributed by atoms with Gasteiger partial charge in [-0.3, -0.25) is 4.79 Å². The first kappa shape index (κ1) is 62.8. The number of fused-ring (bicyclic) bond motifs is 4. The average Bonchev–Trinajstić information content (AvgIpc) is 0.763. The molecule has 4 fully saturated rings. The normalized spacial score (nSPS) is 34.2. The van der Waals surface area contributed by atoms with Gasteiger partial charge in [-0.05, 0) is 61.9 Å². The van der Waals surface area contributed by atoms with E-state index in [1.807, 2.05) is 0 Å². The Hall–Kier alpha value is -7.22. The van der Waals surface area contributed by atoms with Gasteiger partial charge in [0.25, 0.3) is 0 Å². The van der Waals surface area contributed by atoms with Gasteiger partial charge in [-0.1, -0.05) is 6.07 Å². The number of aliphatic hydroxyl groups excluding tert-OH is 11. The molecule has 18 N–H and O–H groups in total. The molecule has 0 amide bonds. The smallest absolute Gasteiger partial charge is 0.331 e. The number of hydrogen-bond acceptors (Lipinski definition) is 31. The summed E-state index contributed by atoms with van der Waals surface area (Å²) in [6.07, 6.45) is -33.5. The molecule has 0 bridgehead atoms. The van der Waals surface area contributed by atoms with Crippen molar-refractivity contribution in [3.05, 3.63) is 87.6 Å². The summed E-state index contributed by atoms with van der Waals surface area (Å²) in [5.74, 6) is -9.40. The van der Waals surface area contributed by atoms with Crippen molar-refractivity contribution in [1.82, 2.24) is 0 Å². The van der Waals surface area contributed by atoms with Crippen LogP contribution in [0.1, 0.15) is 36.5 Å². The van der Waals surface area contributed by atoms with E-state index in [-0.39, 0.29) is 33.8 Å². The fraction of sp³-hybridized carbons (Fsp3) is 0.464. The van der Waals surface area contributed by atoms with E-state index in [0.29, 0.717) is 0 Å². The van der Waals surface area contributed by atoms with Gasteiger partial charge in [-0.25, -0.2) is 4.79 Å². The number of aliphatic hydroxyl groups is 11. The molecule has 0 unspecified atom stereocenters. The van der Waals surface area contributed by atoms with E-state index in [1.165, 1.54) is 26.0 Å². The van der Waals surface area contributed by atoms with Crippen LogP contribution in [0.15, 0.2) is 69.9 Å². The Balaban J connectivity index is 1.00. The van der Waals surface area contributed by atoms with Gasteiger partial charge in [0.15, 0.2) is 65.2 Å². The summed E-state index contributed by atoms with van der Waals surface area (Å²) in [6.45, 7) is 0.443. The fourth-order valence-corrected chi connectivity index (χ4v) is 10.5. The number of aromatic hydroxyl groups is 7. The first-order valence-electron chi connectivity index (χ1n) is 26.9. The largest absolute Gasteiger partial charge is 0.507 e. The zero-order valence-electron chi connectivity index (χ0n) is 45.5. The van der Waals surface area contributed by atoms with Crippen LogP contribution < -0.4 is 14.9 Å². The number of hydrogen-bond donors (Lipinski definition) is 18. The Bertz CT molecular complexity index is 3430. The SMILES string of the molecule is C[C@@H]1O[C@@H](OC[C@H]2O[C@@H](Oc3c(-c4ccc(O)c(O)c4)oc4c5c(cc(O)c4c3=O)Oc3cc(O)c(O)cc3[C@@H]5CO[C@@H]3O[C@H](CO[C@@H]4O[C@@H](C)[C@H](O)[C@@H](O)[C@H]4O)[C@@H](OC(=O)/C=C/c4ccc(O)c(O)c4)[C@H](O)[C@H]3O)[C@H](O)[C@@H](O)[C@@H]2O)[C@H](O)[C@H](O)[C@H]1O. The lowest BCUT2D eigenvalue weighted by atomic mass is 9.86. The summed E-state index contributed by atoms with van der Waals surface area (Å²) < 4.78 is 64.6. The molecule has 0 radical (unpaired) electrons. The molecule has 31 heteroatoms. The molecule has 1 aromatic heterocycles. The van der Waals surface area contributed by atoms with Crippen LogP contribution in [0.3, 0.4) is 0 Å². The predicted molar refractivity (Wildman–Crippen MR) is 284 cm³/mol. The number of rotatable bonds is 15. The minimum Gasteiger partial charge on any atom is -0.507 e. The highest BCUT2D eigenvalue weighted by molar-refractivity contribution is 5.93. The maximum absolute atomic E-state index is 15.1. The molecule has 5 aromatic rings. The molecule has 5 aliphatic heterocycles. The minimum absolute atomic E-state index is 0.0491.